The first kappa shape index (κ1) is 28.4. The van der Waals surface area contributed by atoms with E-state index in [1.165, 1.54) is 4.88 Å². The topological polar surface area (TPSA) is 86.9 Å². The molecule has 4 aromatic rings. The van der Waals surface area contributed by atoms with Gasteiger partial charge in [-0.25, -0.2) is 0 Å². The van der Waals surface area contributed by atoms with Gasteiger partial charge in [-0.1, -0.05) is 35.4 Å². The van der Waals surface area contributed by atoms with Gasteiger partial charge in [-0.15, -0.1) is 11.3 Å². The second-order valence-corrected chi connectivity index (χ2v) is 12.0. The van der Waals surface area contributed by atoms with Crippen molar-refractivity contribution in [2.75, 3.05) is 10.6 Å². The highest BCUT2D eigenvalue weighted by Gasteiger charge is 2.28. The molecule has 0 bridgehead atoms. The number of aromatic nitrogens is 1. The van der Waals surface area contributed by atoms with Crippen molar-refractivity contribution in [3.05, 3.63) is 103 Å². The zero-order valence-electron chi connectivity index (χ0n) is 23.5. The quantitative estimate of drug-likeness (QED) is 0.178. The van der Waals surface area contributed by atoms with E-state index in [1.54, 1.807) is 29.5 Å². The number of halogens is 1. The van der Waals surface area contributed by atoms with E-state index in [0.29, 0.717) is 16.3 Å². The summed E-state index contributed by atoms with van der Waals surface area (Å²) in [5.41, 5.74) is 7.61. The predicted octanol–water partition coefficient (Wildman–Crippen LogP) is 8.10. The Bertz CT molecular complexity index is 1740. The summed E-state index contributed by atoms with van der Waals surface area (Å²) in [5, 5.41) is 17.1. The summed E-state index contributed by atoms with van der Waals surface area (Å²) in [6.07, 6.45) is 5.59. The monoisotopic (exact) mass is 582 g/mol. The third-order valence-electron chi connectivity index (χ3n) is 7.48. The van der Waals surface area contributed by atoms with Gasteiger partial charge in [0.15, 0.2) is 0 Å². The number of fused-ring (bicyclic) bond motifs is 1. The highest BCUT2D eigenvalue weighted by molar-refractivity contribution is 7.15. The van der Waals surface area contributed by atoms with Crippen LogP contribution in [0, 0.1) is 39.0 Å². The minimum absolute atomic E-state index is 0.0209. The van der Waals surface area contributed by atoms with Gasteiger partial charge in [0.05, 0.1) is 5.56 Å². The maximum Gasteiger partial charge on any atom is 0.266 e. The highest BCUT2D eigenvalue weighted by Crippen LogP contribution is 2.39. The Labute approximate surface area is 249 Å². The van der Waals surface area contributed by atoms with Gasteiger partial charge in [0.2, 0.25) is 0 Å². The fourth-order valence-electron chi connectivity index (χ4n) is 5.24. The van der Waals surface area contributed by atoms with Crippen molar-refractivity contribution in [2.45, 2.75) is 53.4 Å². The fraction of sp³-hybridized carbons (Fsp3) is 0.242. The Hall–Kier alpha value is -4.12. The Balaban J connectivity index is 1.52. The average Bonchev–Trinajstić information content (AvgIpc) is 3.46. The molecule has 2 aromatic heterocycles. The third-order valence-corrected chi connectivity index (χ3v) is 8.99. The number of nitrogens with one attached hydrogen (secondary N) is 2. The molecule has 6 nitrogen and oxygen atoms in total. The van der Waals surface area contributed by atoms with E-state index < -0.39 is 5.91 Å². The van der Waals surface area contributed by atoms with Crippen molar-refractivity contribution in [1.29, 1.82) is 5.26 Å². The van der Waals surface area contributed by atoms with E-state index in [4.69, 9.17) is 11.6 Å². The first-order chi connectivity index (χ1) is 19.7. The molecule has 2 amide bonds. The lowest BCUT2D eigenvalue weighted by atomic mass is 9.95. The van der Waals surface area contributed by atoms with Crippen LogP contribution in [0.15, 0.2) is 54.1 Å². The molecular weight excluding hydrogens is 552 g/mol. The van der Waals surface area contributed by atoms with Crippen LogP contribution in [0.1, 0.15) is 61.7 Å². The minimum Gasteiger partial charge on any atom is -0.322 e. The summed E-state index contributed by atoms with van der Waals surface area (Å²) in [5.74, 6) is -0.630. The van der Waals surface area contributed by atoms with Crippen molar-refractivity contribution in [3.8, 4) is 11.1 Å². The molecule has 0 atom stereocenters. The third kappa shape index (κ3) is 5.85. The molecule has 0 radical (unpaired) electrons. The van der Waals surface area contributed by atoms with Crippen molar-refractivity contribution in [1.82, 2.24) is 4.57 Å². The van der Waals surface area contributed by atoms with Crippen LogP contribution in [0.3, 0.4) is 0 Å². The molecule has 0 unspecified atom stereocenters. The van der Waals surface area contributed by atoms with Crippen LogP contribution in [0.25, 0.3) is 11.1 Å². The lowest BCUT2D eigenvalue weighted by molar-refractivity contribution is -0.112. The summed E-state index contributed by atoms with van der Waals surface area (Å²) >= 11 is 7.76. The lowest BCUT2D eigenvalue weighted by Crippen LogP contribution is -2.17. The minimum atomic E-state index is -0.507. The number of hydrogen-bond donors (Lipinski definition) is 2. The number of benzene rings is 2. The SMILES string of the molecule is Cc1ccc(NC(=O)c2c(-n3c(C)cc(/C=C(/C#N)C(=O)Nc4cc(Cl)ccc4C)c3C)sc3c2CCCC3)cc1. The maximum absolute atomic E-state index is 13.8. The molecule has 0 saturated carbocycles. The summed E-state index contributed by atoms with van der Waals surface area (Å²) in [4.78, 5) is 28.1. The smallest absolute Gasteiger partial charge is 0.266 e. The number of nitriles is 1. The summed E-state index contributed by atoms with van der Waals surface area (Å²) in [7, 11) is 0. The number of aryl methyl sites for hydroxylation is 4. The van der Waals surface area contributed by atoms with Crippen molar-refractivity contribution < 1.29 is 9.59 Å². The Morgan fingerprint density at radius 2 is 1.73 bits per heavy atom. The Morgan fingerprint density at radius 3 is 2.46 bits per heavy atom. The van der Waals surface area contributed by atoms with E-state index >= 15 is 0 Å². The Kier molecular flexibility index (Phi) is 8.16. The second-order valence-electron chi connectivity index (χ2n) is 10.5. The number of nitrogens with zero attached hydrogens (tertiary/aromatic N) is 2. The standard InChI is InChI=1S/C33H31ClN4O2S/c1-19-9-13-26(14-10-19)36-32(40)30-27-7-5-6-8-29(27)41-33(30)38-21(3)15-23(22(38)4)16-24(18-35)31(39)37-28-17-25(34)12-11-20(28)2/h9-17H,5-8H2,1-4H3,(H,36,40)(H,37,39)/b24-16-. The molecule has 0 saturated heterocycles. The van der Waals surface area contributed by atoms with Crippen LogP contribution in [0.4, 0.5) is 11.4 Å². The molecule has 8 heteroatoms. The van der Waals surface area contributed by atoms with E-state index in [-0.39, 0.29) is 11.5 Å². The molecule has 2 aromatic carbocycles. The molecule has 1 aliphatic rings. The van der Waals surface area contributed by atoms with Gasteiger partial charge in [0, 0.05) is 32.7 Å². The van der Waals surface area contributed by atoms with Crippen LogP contribution in [0.5, 0.6) is 0 Å². The first-order valence-electron chi connectivity index (χ1n) is 13.6. The first-order valence-corrected chi connectivity index (χ1v) is 14.8. The van der Waals surface area contributed by atoms with Crippen LogP contribution in [0.2, 0.25) is 5.02 Å². The summed E-state index contributed by atoms with van der Waals surface area (Å²) in [6, 6.07) is 17.0. The van der Waals surface area contributed by atoms with Crippen molar-refractivity contribution in [2.24, 2.45) is 0 Å². The molecule has 41 heavy (non-hydrogen) atoms. The molecule has 2 N–H and O–H groups in total. The molecule has 5 rings (SSSR count). The van der Waals surface area contributed by atoms with Crippen LogP contribution < -0.4 is 10.6 Å². The van der Waals surface area contributed by atoms with E-state index in [0.717, 1.165) is 70.0 Å². The summed E-state index contributed by atoms with van der Waals surface area (Å²) in [6.45, 7) is 7.81. The predicted molar refractivity (Wildman–Crippen MR) is 167 cm³/mol. The van der Waals surface area contributed by atoms with Gasteiger partial charge in [-0.3, -0.25) is 9.59 Å². The molecule has 0 aliphatic heterocycles. The van der Waals surface area contributed by atoms with Gasteiger partial charge >= 0.3 is 0 Å². The van der Waals surface area contributed by atoms with Crippen molar-refractivity contribution >= 4 is 52.2 Å². The molecular formula is C33H31ClN4O2S. The average molecular weight is 583 g/mol. The van der Waals surface area contributed by atoms with Gasteiger partial charge < -0.3 is 15.2 Å². The zero-order chi connectivity index (χ0) is 29.3. The lowest BCUT2D eigenvalue weighted by Gasteiger charge is -2.14. The maximum atomic E-state index is 13.8. The zero-order valence-corrected chi connectivity index (χ0v) is 25.1. The van der Waals surface area contributed by atoms with Crippen LogP contribution in [-0.4, -0.2) is 16.4 Å². The number of rotatable bonds is 6. The largest absolute Gasteiger partial charge is 0.322 e. The summed E-state index contributed by atoms with van der Waals surface area (Å²) < 4.78 is 2.08. The molecule has 2 heterocycles. The van der Waals surface area contributed by atoms with E-state index in [9.17, 15) is 14.9 Å². The normalized spacial score (nSPS) is 12.9. The van der Waals surface area contributed by atoms with Crippen molar-refractivity contribution in [3.63, 3.8) is 0 Å². The number of amides is 2. The van der Waals surface area contributed by atoms with E-state index in [1.807, 2.05) is 70.2 Å². The molecule has 0 spiro atoms. The van der Waals surface area contributed by atoms with Crippen LogP contribution in [-0.2, 0) is 17.6 Å². The number of carbonyl (C=O) groups excluding carboxylic acids is 2. The van der Waals surface area contributed by atoms with Gasteiger partial charge in [0.1, 0.15) is 16.6 Å². The highest BCUT2D eigenvalue weighted by atomic mass is 35.5. The van der Waals surface area contributed by atoms with Gasteiger partial charge in [-0.2, -0.15) is 5.26 Å². The number of carbonyl (C=O) groups is 2. The van der Waals surface area contributed by atoms with Gasteiger partial charge in [-0.05, 0) is 106 Å². The number of hydrogen-bond acceptors (Lipinski definition) is 4. The van der Waals surface area contributed by atoms with Gasteiger partial charge in [0.25, 0.3) is 11.8 Å². The van der Waals surface area contributed by atoms with Crippen LogP contribution >= 0.6 is 22.9 Å². The fourth-order valence-corrected chi connectivity index (χ4v) is 6.91. The molecule has 1 aliphatic carbocycles. The Morgan fingerprint density at radius 1 is 1.00 bits per heavy atom. The number of thiophene rings is 1. The second kappa shape index (κ2) is 11.8. The van der Waals surface area contributed by atoms with E-state index in [2.05, 4.69) is 15.2 Å². The molecule has 0 fully saturated rings. The molecule has 208 valence electrons. The number of anilines is 2.